The Morgan fingerprint density at radius 3 is 2.41 bits per heavy atom. The van der Waals surface area contributed by atoms with E-state index in [0.717, 1.165) is 30.4 Å². The summed E-state index contributed by atoms with van der Waals surface area (Å²) in [4.78, 5) is 14.9. The fourth-order valence-corrected chi connectivity index (χ4v) is 4.87. The van der Waals surface area contributed by atoms with Crippen molar-refractivity contribution in [3.63, 3.8) is 0 Å². The zero-order chi connectivity index (χ0) is 20.9. The van der Waals surface area contributed by atoms with Gasteiger partial charge in [-0.25, -0.2) is 12.7 Å². The predicted molar refractivity (Wildman–Crippen MR) is 114 cm³/mol. The summed E-state index contributed by atoms with van der Waals surface area (Å²) in [5.74, 6) is 0.0193. The van der Waals surface area contributed by atoms with Crippen molar-refractivity contribution in [1.82, 2.24) is 9.21 Å². The van der Waals surface area contributed by atoms with Crippen LogP contribution >= 0.6 is 0 Å². The quantitative estimate of drug-likeness (QED) is 0.703. The lowest BCUT2D eigenvalue weighted by molar-refractivity contribution is 0.0763. The van der Waals surface area contributed by atoms with Crippen molar-refractivity contribution in [2.24, 2.45) is 5.73 Å². The third-order valence-electron chi connectivity index (χ3n) is 5.42. The van der Waals surface area contributed by atoms with E-state index in [2.05, 4.69) is 0 Å². The van der Waals surface area contributed by atoms with E-state index < -0.39 is 10.0 Å². The Morgan fingerprint density at radius 2 is 1.72 bits per heavy atom. The van der Waals surface area contributed by atoms with Crippen molar-refractivity contribution < 1.29 is 13.2 Å². The van der Waals surface area contributed by atoms with Gasteiger partial charge < -0.3 is 10.6 Å². The number of unbranched alkanes of at least 4 members (excludes halogenated alkanes) is 1. The summed E-state index contributed by atoms with van der Waals surface area (Å²) in [6.45, 7) is 2.23. The first kappa shape index (κ1) is 21.5. The van der Waals surface area contributed by atoms with Crippen LogP contribution in [0.2, 0.25) is 0 Å². The maximum Gasteiger partial charge on any atom is 0.253 e. The van der Waals surface area contributed by atoms with Crippen LogP contribution < -0.4 is 5.73 Å². The number of carbonyl (C=O) groups excluding carboxylic acids is 1. The third-order valence-corrected chi connectivity index (χ3v) is 7.28. The van der Waals surface area contributed by atoms with Gasteiger partial charge in [-0.15, -0.1) is 0 Å². The fraction of sp³-hybridized carbons (Fsp3) is 0.409. The molecule has 1 aliphatic rings. The van der Waals surface area contributed by atoms with Crippen LogP contribution in [-0.4, -0.2) is 56.8 Å². The van der Waals surface area contributed by atoms with Gasteiger partial charge in [-0.05, 0) is 67.6 Å². The molecule has 0 saturated heterocycles. The molecule has 2 N–H and O–H groups in total. The highest BCUT2D eigenvalue weighted by molar-refractivity contribution is 7.89. The molecule has 0 unspecified atom stereocenters. The van der Waals surface area contributed by atoms with E-state index in [1.165, 1.54) is 4.31 Å². The standard InChI is InChI=1S/C22H29N3O3S/c1-24(14-6-5-13-23)29(27,28)21-10-9-18-11-15-25(16-12-20(18)17-21)22(26)19-7-3-2-4-8-19/h2-4,7-10,17H,5-6,11-16,23H2,1H3. The maximum atomic E-state index is 12.9. The molecular weight excluding hydrogens is 386 g/mol. The smallest absolute Gasteiger partial charge is 0.253 e. The normalized spacial score (nSPS) is 14.5. The summed E-state index contributed by atoms with van der Waals surface area (Å²) >= 11 is 0. The van der Waals surface area contributed by atoms with Gasteiger partial charge >= 0.3 is 0 Å². The lowest BCUT2D eigenvalue weighted by Gasteiger charge is -2.20. The maximum absolute atomic E-state index is 12.9. The Labute approximate surface area is 173 Å². The van der Waals surface area contributed by atoms with Gasteiger partial charge in [-0.2, -0.15) is 0 Å². The number of sulfonamides is 1. The second-order valence-corrected chi connectivity index (χ2v) is 9.46. The van der Waals surface area contributed by atoms with Crippen LogP contribution in [0.3, 0.4) is 0 Å². The zero-order valence-electron chi connectivity index (χ0n) is 16.9. The zero-order valence-corrected chi connectivity index (χ0v) is 17.7. The molecular formula is C22H29N3O3S. The fourth-order valence-electron chi connectivity index (χ4n) is 3.61. The summed E-state index contributed by atoms with van der Waals surface area (Å²) < 4.78 is 27.2. The van der Waals surface area contributed by atoms with Crippen LogP contribution in [0.4, 0.5) is 0 Å². The minimum Gasteiger partial charge on any atom is -0.338 e. The van der Waals surface area contributed by atoms with Crippen LogP contribution in [0.15, 0.2) is 53.4 Å². The van der Waals surface area contributed by atoms with Gasteiger partial charge in [-0.3, -0.25) is 4.79 Å². The summed E-state index contributed by atoms with van der Waals surface area (Å²) in [6.07, 6.45) is 2.91. The predicted octanol–water partition coefficient (Wildman–Crippen LogP) is 2.29. The first-order chi connectivity index (χ1) is 13.9. The highest BCUT2D eigenvalue weighted by atomic mass is 32.2. The van der Waals surface area contributed by atoms with Gasteiger partial charge in [0.1, 0.15) is 0 Å². The van der Waals surface area contributed by atoms with Crippen molar-refractivity contribution in [2.45, 2.75) is 30.6 Å². The number of carbonyl (C=O) groups is 1. The molecule has 29 heavy (non-hydrogen) atoms. The van der Waals surface area contributed by atoms with E-state index >= 15 is 0 Å². The average molecular weight is 416 g/mol. The number of nitrogens with two attached hydrogens (primary N) is 1. The average Bonchev–Trinajstić information content (AvgIpc) is 2.96. The lowest BCUT2D eigenvalue weighted by atomic mass is 10.0. The number of hydrogen-bond donors (Lipinski definition) is 1. The van der Waals surface area contributed by atoms with Gasteiger partial charge in [0.25, 0.3) is 5.91 Å². The van der Waals surface area contributed by atoms with Gasteiger partial charge in [0.15, 0.2) is 0 Å². The van der Waals surface area contributed by atoms with E-state index in [4.69, 9.17) is 5.73 Å². The molecule has 2 aromatic carbocycles. The number of nitrogens with zero attached hydrogens (tertiary/aromatic N) is 2. The SMILES string of the molecule is CN(CCCCN)S(=O)(=O)c1ccc2c(c1)CCN(C(=O)c1ccccc1)CC2. The topological polar surface area (TPSA) is 83.7 Å². The molecule has 1 heterocycles. The van der Waals surface area contributed by atoms with Gasteiger partial charge in [-0.1, -0.05) is 24.3 Å². The van der Waals surface area contributed by atoms with Gasteiger partial charge in [0, 0.05) is 32.2 Å². The van der Waals surface area contributed by atoms with E-state index in [1.807, 2.05) is 41.3 Å². The number of benzene rings is 2. The van der Waals surface area contributed by atoms with Gasteiger partial charge in [0.2, 0.25) is 10.0 Å². The third kappa shape index (κ3) is 5.04. The summed E-state index contributed by atoms with van der Waals surface area (Å²) in [5, 5.41) is 0. The second kappa shape index (κ2) is 9.52. The van der Waals surface area contributed by atoms with E-state index in [0.29, 0.717) is 43.1 Å². The van der Waals surface area contributed by atoms with Crippen LogP contribution in [0, 0.1) is 0 Å². The molecule has 0 fully saturated rings. The molecule has 7 heteroatoms. The monoisotopic (exact) mass is 415 g/mol. The molecule has 0 aromatic heterocycles. The number of rotatable bonds is 7. The van der Waals surface area contributed by atoms with Crippen molar-refractivity contribution >= 4 is 15.9 Å². The lowest BCUT2D eigenvalue weighted by Crippen LogP contribution is -2.33. The molecule has 1 amide bonds. The van der Waals surface area contributed by atoms with Crippen LogP contribution in [0.25, 0.3) is 0 Å². The summed E-state index contributed by atoms with van der Waals surface area (Å²) in [7, 11) is -1.92. The Bertz CT molecular complexity index is 945. The first-order valence-electron chi connectivity index (χ1n) is 10.1. The first-order valence-corrected chi connectivity index (χ1v) is 11.5. The molecule has 2 aromatic rings. The molecule has 0 spiro atoms. The number of fused-ring (bicyclic) bond motifs is 1. The van der Waals surface area contributed by atoms with Crippen LogP contribution in [0.1, 0.15) is 34.3 Å². The molecule has 0 radical (unpaired) electrons. The molecule has 0 atom stereocenters. The van der Waals surface area contributed by atoms with Crippen molar-refractivity contribution in [3.8, 4) is 0 Å². The molecule has 156 valence electrons. The van der Waals surface area contributed by atoms with E-state index in [9.17, 15) is 13.2 Å². The Morgan fingerprint density at radius 1 is 1.03 bits per heavy atom. The molecule has 3 rings (SSSR count). The Kier molecular flexibility index (Phi) is 7.05. The summed E-state index contributed by atoms with van der Waals surface area (Å²) in [6, 6.07) is 14.6. The molecule has 0 bridgehead atoms. The van der Waals surface area contributed by atoms with Crippen molar-refractivity contribution in [2.75, 3.05) is 33.2 Å². The molecule has 0 saturated carbocycles. The Hall–Kier alpha value is -2.22. The largest absolute Gasteiger partial charge is 0.338 e. The molecule has 1 aliphatic heterocycles. The number of amides is 1. The minimum atomic E-state index is -3.53. The highest BCUT2D eigenvalue weighted by Gasteiger charge is 2.24. The van der Waals surface area contributed by atoms with Gasteiger partial charge in [0.05, 0.1) is 4.90 Å². The molecule has 0 aliphatic carbocycles. The van der Waals surface area contributed by atoms with E-state index in [-0.39, 0.29) is 5.91 Å². The van der Waals surface area contributed by atoms with Crippen molar-refractivity contribution in [1.29, 1.82) is 0 Å². The van der Waals surface area contributed by atoms with E-state index in [1.54, 1.807) is 19.2 Å². The van der Waals surface area contributed by atoms with Crippen LogP contribution in [0.5, 0.6) is 0 Å². The Balaban J connectivity index is 1.73. The minimum absolute atomic E-state index is 0.0193. The summed E-state index contributed by atoms with van der Waals surface area (Å²) in [5.41, 5.74) is 8.29. The number of hydrogen-bond acceptors (Lipinski definition) is 4. The second-order valence-electron chi connectivity index (χ2n) is 7.41. The highest BCUT2D eigenvalue weighted by Crippen LogP contribution is 2.23. The molecule has 6 nitrogen and oxygen atoms in total. The van der Waals surface area contributed by atoms with Crippen LogP contribution in [-0.2, 0) is 22.9 Å². The van der Waals surface area contributed by atoms with Crippen molar-refractivity contribution in [3.05, 3.63) is 65.2 Å².